The summed E-state index contributed by atoms with van der Waals surface area (Å²) >= 11 is 0. The molecule has 0 spiro atoms. The lowest BCUT2D eigenvalue weighted by Gasteiger charge is -2.15. The number of carbonyl (C=O) groups is 2. The molecular formula is C16H23N3O2. The van der Waals surface area contributed by atoms with E-state index in [1.165, 1.54) is 0 Å². The number of nitrogens with two attached hydrogens (primary N) is 1. The number of hydrogen-bond donors (Lipinski definition) is 3. The molecule has 4 N–H and O–H groups in total. The molecule has 1 fully saturated rings. The van der Waals surface area contributed by atoms with Crippen LogP contribution in [0.1, 0.15) is 36.0 Å². The predicted molar refractivity (Wildman–Crippen MR) is 81.7 cm³/mol. The van der Waals surface area contributed by atoms with Crippen LogP contribution in [0.15, 0.2) is 30.3 Å². The third kappa shape index (κ3) is 5.19. The topological polar surface area (TPSA) is 84.2 Å². The van der Waals surface area contributed by atoms with Crippen LogP contribution in [-0.2, 0) is 4.79 Å². The van der Waals surface area contributed by atoms with Crippen molar-refractivity contribution in [1.29, 1.82) is 0 Å². The predicted octanol–water partition coefficient (Wildman–Crippen LogP) is 1.05. The zero-order valence-electron chi connectivity index (χ0n) is 12.2. The van der Waals surface area contributed by atoms with Gasteiger partial charge in [-0.25, -0.2) is 0 Å². The van der Waals surface area contributed by atoms with Crippen LogP contribution < -0.4 is 16.4 Å². The number of hydrogen-bond acceptors (Lipinski definition) is 3. The van der Waals surface area contributed by atoms with Crippen molar-refractivity contribution in [1.82, 2.24) is 10.6 Å². The van der Waals surface area contributed by atoms with Crippen LogP contribution in [0.3, 0.4) is 0 Å². The van der Waals surface area contributed by atoms with Gasteiger partial charge in [0.2, 0.25) is 5.91 Å². The van der Waals surface area contributed by atoms with Crippen molar-refractivity contribution in [2.75, 3.05) is 13.1 Å². The number of amides is 2. The van der Waals surface area contributed by atoms with Gasteiger partial charge < -0.3 is 16.4 Å². The molecule has 1 unspecified atom stereocenters. The van der Waals surface area contributed by atoms with Crippen molar-refractivity contribution < 1.29 is 9.59 Å². The first-order chi connectivity index (χ1) is 10.2. The summed E-state index contributed by atoms with van der Waals surface area (Å²) in [6, 6.07) is 9.18. The van der Waals surface area contributed by atoms with E-state index in [4.69, 9.17) is 5.73 Å². The van der Waals surface area contributed by atoms with Crippen molar-refractivity contribution in [3.8, 4) is 0 Å². The summed E-state index contributed by atoms with van der Waals surface area (Å²) in [4.78, 5) is 23.6. The van der Waals surface area contributed by atoms with Gasteiger partial charge in [-0.1, -0.05) is 18.2 Å². The third-order valence-electron chi connectivity index (χ3n) is 3.69. The Balaban J connectivity index is 1.61. The van der Waals surface area contributed by atoms with Crippen LogP contribution in [0.25, 0.3) is 0 Å². The van der Waals surface area contributed by atoms with Gasteiger partial charge in [0, 0.05) is 31.1 Å². The van der Waals surface area contributed by atoms with Crippen molar-refractivity contribution >= 4 is 11.8 Å². The van der Waals surface area contributed by atoms with Crippen molar-refractivity contribution in [3.05, 3.63) is 35.9 Å². The van der Waals surface area contributed by atoms with Gasteiger partial charge in [0.05, 0.1) is 0 Å². The first-order valence-electron chi connectivity index (χ1n) is 7.53. The fourth-order valence-electron chi connectivity index (χ4n) is 2.29. The van der Waals surface area contributed by atoms with E-state index in [1.807, 2.05) is 18.2 Å². The Labute approximate surface area is 125 Å². The highest BCUT2D eigenvalue weighted by Crippen LogP contribution is 2.32. The van der Waals surface area contributed by atoms with Crippen molar-refractivity contribution in [2.45, 2.75) is 31.7 Å². The number of nitrogens with one attached hydrogen (secondary N) is 2. The molecule has 2 rings (SSSR count). The largest absolute Gasteiger partial charge is 0.352 e. The summed E-state index contributed by atoms with van der Waals surface area (Å²) in [5, 5.41) is 5.78. The quantitative estimate of drug-likeness (QED) is 0.625. The van der Waals surface area contributed by atoms with Gasteiger partial charge in [0.25, 0.3) is 5.91 Å². The maximum atomic E-state index is 11.8. The average molecular weight is 289 g/mol. The van der Waals surface area contributed by atoms with Crippen LogP contribution in [0.5, 0.6) is 0 Å². The minimum absolute atomic E-state index is 0.0197. The van der Waals surface area contributed by atoms with Gasteiger partial charge in [-0.05, 0) is 37.3 Å². The van der Waals surface area contributed by atoms with Crippen molar-refractivity contribution in [2.24, 2.45) is 11.7 Å². The van der Waals surface area contributed by atoms with Gasteiger partial charge in [0.1, 0.15) is 0 Å². The van der Waals surface area contributed by atoms with Crippen LogP contribution in [0, 0.1) is 5.92 Å². The zero-order chi connectivity index (χ0) is 15.1. The summed E-state index contributed by atoms with van der Waals surface area (Å²) in [5.74, 6) is 0.483. The van der Waals surface area contributed by atoms with Crippen LogP contribution in [0.2, 0.25) is 0 Å². The first kappa shape index (κ1) is 15.5. The molecule has 0 aromatic heterocycles. The van der Waals surface area contributed by atoms with E-state index in [0.29, 0.717) is 37.4 Å². The fraction of sp³-hybridized carbons (Fsp3) is 0.500. The van der Waals surface area contributed by atoms with Gasteiger partial charge >= 0.3 is 0 Å². The Kier molecular flexibility index (Phi) is 5.75. The second-order valence-corrected chi connectivity index (χ2v) is 5.47. The molecule has 1 atom stereocenters. The highest BCUT2D eigenvalue weighted by molar-refractivity contribution is 5.94. The number of benzene rings is 1. The van der Waals surface area contributed by atoms with Crippen molar-refractivity contribution in [3.63, 3.8) is 0 Å². The van der Waals surface area contributed by atoms with Gasteiger partial charge in [-0.15, -0.1) is 0 Å². The highest BCUT2D eigenvalue weighted by Gasteiger charge is 2.30. The summed E-state index contributed by atoms with van der Waals surface area (Å²) in [6.45, 7) is 0.999. The molecule has 21 heavy (non-hydrogen) atoms. The highest BCUT2D eigenvalue weighted by atomic mass is 16.2. The maximum Gasteiger partial charge on any atom is 0.251 e. The Bertz CT molecular complexity index is 472. The first-order valence-corrected chi connectivity index (χ1v) is 7.53. The van der Waals surface area contributed by atoms with Crippen LogP contribution >= 0.6 is 0 Å². The second kappa shape index (κ2) is 7.78. The molecule has 1 aromatic rings. The van der Waals surface area contributed by atoms with Crippen LogP contribution in [0.4, 0.5) is 0 Å². The normalized spacial score (nSPS) is 15.3. The van der Waals surface area contributed by atoms with Gasteiger partial charge in [-0.3, -0.25) is 9.59 Å². The number of rotatable bonds is 8. The molecule has 2 amide bonds. The number of carbonyl (C=O) groups excluding carboxylic acids is 2. The molecule has 5 nitrogen and oxygen atoms in total. The van der Waals surface area contributed by atoms with Crippen LogP contribution in [-0.4, -0.2) is 30.9 Å². The standard InChI is InChI=1S/C16H23N3O2/c17-11-14(12-8-9-12)19-15(20)7-4-10-18-16(21)13-5-2-1-3-6-13/h1-3,5-6,12,14H,4,7-11,17H2,(H,18,21)(H,19,20). The third-order valence-corrected chi connectivity index (χ3v) is 3.69. The SMILES string of the molecule is NCC(NC(=O)CCCNC(=O)c1ccccc1)C1CC1. The Morgan fingerprint density at radius 2 is 1.95 bits per heavy atom. The van der Waals surface area contributed by atoms with E-state index in [1.54, 1.807) is 12.1 Å². The second-order valence-electron chi connectivity index (χ2n) is 5.47. The minimum atomic E-state index is -0.103. The lowest BCUT2D eigenvalue weighted by Crippen LogP contribution is -2.41. The fourth-order valence-corrected chi connectivity index (χ4v) is 2.29. The molecule has 0 radical (unpaired) electrons. The smallest absolute Gasteiger partial charge is 0.251 e. The van der Waals surface area contributed by atoms with E-state index in [2.05, 4.69) is 10.6 Å². The van der Waals surface area contributed by atoms with Gasteiger partial charge in [-0.2, -0.15) is 0 Å². The monoisotopic (exact) mass is 289 g/mol. The molecule has 114 valence electrons. The van der Waals surface area contributed by atoms with E-state index in [0.717, 1.165) is 12.8 Å². The molecule has 0 heterocycles. The van der Waals surface area contributed by atoms with E-state index in [-0.39, 0.29) is 17.9 Å². The summed E-state index contributed by atoms with van der Waals surface area (Å²) < 4.78 is 0. The molecule has 5 heteroatoms. The van der Waals surface area contributed by atoms with E-state index >= 15 is 0 Å². The Morgan fingerprint density at radius 1 is 1.24 bits per heavy atom. The molecule has 1 aliphatic rings. The maximum absolute atomic E-state index is 11.8. The average Bonchev–Trinajstić information content (AvgIpc) is 3.34. The molecular weight excluding hydrogens is 266 g/mol. The summed E-state index contributed by atoms with van der Waals surface area (Å²) in [7, 11) is 0. The Hall–Kier alpha value is -1.88. The molecule has 0 saturated heterocycles. The van der Waals surface area contributed by atoms with E-state index in [9.17, 15) is 9.59 Å². The molecule has 1 aromatic carbocycles. The lowest BCUT2D eigenvalue weighted by molar-refractivity contribution is -0.122. The molecule has 0 bridgehead atoms. The van der Waals surface area contributed by atoms with E-state index < -0.39 is 0 Å². The lowest BCUT2D eigenvalue weighted by atomic mass is 10.1. The zero-order valence-corrected chi connectivity index (χ0v) is 12.2. The molecule has 1 aliphatic carbocycles. The summed E-state index contributed by atoms with van der Waals surface area (Å²) in [6.07, 6.45) is 3.37. The molecule has 1 saturated carbocycles. The minimum Gasteiger partial charge on any atom is -0.352 e. The Morgan fingerprint density at radius 3 is 2.57 bits per heavy atom. The van der Waals surface area contributed by atoms with Gasteiger partial charge in [0.15, 0.2) is 0 Å². The summed E-state index contributed by atoms with van der Waals surface area (Å²) in [5.41, 5.74) is 6.29. The molecule has 0 aliphatic heterocycles.